The van der Waals surface area contributed by atoms with Gasteiger partial charge in [0, 0.05) is 32.7 Å². The van der Waals surface area contributed by atoms with Gasteiger partial charge in [0.15, 0.2) is 5.13 Å². The Balaban J connectivity index is 1.18. The van der Waals surface area contributed by atoms with Crippen LogP contribution in [0.15, 0.2) is 149 Å². The van der Waals surface area contributed by atoms with Crippen molar-refractivity contribution >= 4 is 57.7 Å². The van der Waals surface area contributed by atoms with Crippen molar-refractivity contribution in [2.75, 3.05) is 24.4 Å². The number of thiazole rings is 1. The Hall–Kier alpha value is -6.17. The molecule has 3 amide bonds. The summed E-state index contributed by atoms with van der Waals surface area (Å²) in [6, 6.07) is 40.3. The molecule has 6 aromatic rings. The van der Waals surface area contributed by atoms with Crippen molar-refractivity contribution in [1.82, 2.24) is 10.3 Å². The molecule has 0 bridgehead atoms. The summed E-state index contributed by atoms with van der Waals surface area (Å²) < 4.78 is 11.1. The number of hydrogen-bond acceptors (Lipinski definition) is 8. The Morgan fingerprint density at radius 1 is 0.830 bits per heavy atom. The van der Waals surface area contributed by atoms with Crippen molar-refractivity contribution < 1.29 is 23.9 Å². The fourth-order valence-electron chi connectivity index (χ4n) is 5.25. The summed E-state index contributed by atoms with van der Waals surface area (Å²) in [6.07, 6.45) is 1.59. The van der Waals surface area contributed by atoms with Gasteiger partial charge in [-0.25, -0.2) is 4.98 Å². The van der Waals surface area contributed by atoms with Gasteiger partial charge in [0.2, 0.25) is 5.91 Å². The van der Waals surface area contributed by atoms with Gasteiger partial charge in [0.1, 0.15) is 22.4 Å². The number of para-hydroxylation sites is 1. The smallest absolute Gasteiger partial charge is 0.272 e. The molecule has 3 N–H and O–H groups in total. The number of carbonyl (C=O) groups excluding carboxylic acids is 3. The Labute approximate surface area is 316 Å². The molecule has 1 heterocycles. The van der Waals surface area contributed by atoms with Gasteiger partial charge in [0.05, 0.1) is 19.4 Å². The predicted octanol–water partition coefficient (Wildman–Crippen LogP) is 9.10. The van der Waals surface area contributed by atoms with Crippen LogP contribution in [0.2, 0.25) is 0 Å². The van der Waals surface area contributed by atoms with E-state index in [1.54, 1.807) is 55.7 Å². The molecule has 5 aromatic carbocycles. The van der Waals surface area contributed by atoms with Crippen molar-refractivity contribution in [3.05, 3.63) is 161 Å². The van der Waals surface area contributed by atoms with E-state index in [0.717, 1.165) is 27.5 Å². The van der Waals surface area contributed by atoms with Gasteiger partial charge in [-0.1, -0.05) is 78.9 Å². The third-order valence-electron chi connectivity index (χ3n) is 7.85. The highest BCUT2D eigenvalue weighted by atomic mass is 32.2. The predicted molar refractivity (Wildman–Crippen MR) is 212 cm³/mol. The summed E-state index contributed by atoms with van der Waals surface area (Å²) in [4.78, 5) is 46.0. The van der Waals surface area contributed by atoms with Gasteiger partial charge in [0.25, 0.3) is 11.8 Å². The van der Waals surface area contributed by atoms with Crippen LogP contribution in [-0.4, -0.2) is 36.4 Å². The molecule has 0 radical (unpaired) electrons. The van der Waals surface area contributed by atoms with E-state index in [2.05, 4.69) is 20.9 Å². The van der Waals surface area contributed by atoms with E-state index >= 15 is 0 Å². The lowest BCUT2D eigenvalue weighted by atomic mass is 10.1. The minimum atomic E-state index is -0.589. The molecule has 6 rings (SSSR count). The second-order valence-electron chi connectivity index (χ2n) is 11.5. The van der Waals surface area contributed by atoms with Crippen LogP contribution < -0.4 is 25.4 Å². The number of rotatable bonds is 14. The molecule has 0 aliphatic carbocycles. The minimum absolute atomic E-state index is 0.0435. The van der Waals surface area contributed by atoms with E-state index < -0.39 is 17.1 Å². The number of thioether (sulfide) groups is 1. The Bertz CT molecular complexity index is 2210. The van der Waals surface area contributed by atoms with Crippen LogP contribution >= 0.6 is 23.1 Å². The molecule has 9 nitrogen and oxygen atoms in total. The lowest BCUT2D eigenvalue weighted by Crippen LogP contribution is -2.30. The molecule has 0 saturated carbocycles. The number of hydrogen-bond donors (Lipinski definition) is 3. The first-order chi connectivity index (χ1) is 25.9. The maximum atomic E-state index is 13.8. The van der Waals surface area contributed by atoms with Gasteiger partial charge in [-0.2, -0.15) is 0 Å². The van der Waals surface area contributed by atoms with Gasteiger partial charge >= 0.3 is 0 Å². The highest BCUT2D eigenvalue weighted by Crippen LogP contribution is 2.37. The SMILES string of the molecule is CCOc1ccccc1/C=C(\NC(=O)c1ccccc1)C(=O)Nc1ccc(SC(C(=O)Nc2nc(-c3cccc(OC)c3)cs2)c2ccccc2)cc1. The minimum Gasteiger partial charge on any atom is -0.497 e. The second kappa shape index (κ2) is 17.9. The average molecular weight is 741 g/mol. The Morgan fingerprint density at radius 3 is 2.28 bits per heavy atom. The molecule has 0 spiro atoms. The maximum absolute atomic E-state index is 13.8. The van der Waals surface area contributed by atoms with Crippen LogP contribution in [0.25, 0.3) is 17.3 Å². The Morgan fingerprint density at radius 2 is 1.55 bits per heavy atom. The molecule has 1 atom stereocenters. The number of carbonyl (C=O) groups is 3. The monoisotopic (exact) mass is 740 g/mol. The second-order valence-corrected chi connectivity index (χ2v) is 13.5. The summed E-state index contributed by atoms with van der Waals surface area (Å²) in [5.41, 5.74) is 4.05. The Kier molecular flexibility index (Phi) is 12.3. The van der Waals surface area contributed by atoms with Crippen LogP contribution in [-0.2, 0) is 9.59 Å². The van der Waals surface area contributed by atoms with Crippen LogP contribution in [0.5, 0.6) is 11.5 Å². The molecule has 0 fully saturated rings. The number of benzene rings is 5. The molecule has 0 aliphatic heterocycles. The molecule has 11 heteroatoms. The quantitative estimate of drug-likeness (QED) is 0.0753. The number of methoxy groups -OCH3 is 1. The lowest BCUT2D eigenvalue weighted by Gasteiger charge is -2.17. The summed E-state index contributed by atoms with van der Waals surface area (Å²) in [7, 11) is 1.62. The van der Waals surface area contributed by atoms with Crippen molar-refractivity contribution in [2.45, 2.75) is 17.1 Å². The van der Waals surface area contributed by atoms with Crippen molar-refractivity contribution in [2.24, 2.45) is 0 Å². The first-order valence-electron chi connectivity index (χ1n) is 16.7. The van der Waals surface area contributed by atoms with E-state index in [1.165, 1.54) is 23.1 Å². The summed E-state index contributed by atoms with van der Waals surface area (Å²) in [5, 5.41) is 10.5. The van der Waals surface area contributed by atoms with E-state index in [4.69, 9.17) is 9.47 Å². The molecule has 1 unspecified atom stereocenters. The van der Waals surface area contributed by atoms with Gasteiger partial charge in [-0.15, -0.1) is 23.1 Å². The highest BCUT2D eigenvalue weighted by Gasteiger charge is 2.24. The van der Waals surface area contributed by atoms with E-state index in [1.807, 2.05) is 103 Å². The molecular formula is C42H36N4O5S2. The van der Waals surface area contributed by atoms with Crippen LogP contribution in [0.1, 0.15) is 33.7 Å². The third-order valence-corrected chi connectivity index (χ3v) is 9.88. The first kappa shape index (κ1) is 36.6. The zero-order chi connectivity index (χ0) is 37.0. The van der Waals surface area contributed by atoms with Crippen molar-refractivity contribution in [1.29, 1.82) is 0 Å². The molecule has 1 aromatic heterocycles. The number of ether oxygens (including phenoxy) is 2. The third kappa shape index (κ3) is 9.79. The number of nitrogens with one attached hydrogen (secondary N) is 3. The molecule has 53 heavy (non-hydrogen) atoms. The van der Waals surface area contributed by atoms with Gasteiger partial charge in [-0.05, 0) is 73.2 Å². The number of anilines is 2. The molecular weight excluding hydrogens is 705 g/mol. The zero-order valence-electron chi connectivity index (χ0n) is 28.9. The molecule has 0 aliphatic rings. The maximum Gasteiger partial charge on any atom is 0.272 e. The number of nitrogens with zero attached hydrogens (tertiary/aromatic N) is 1. The standard InChI is InChI=1S/C42H36N4O5S2/c1-3-51-37-20-11-10-17-31(37)26-35(44-39(47)29-15-8-5-9-16-29)40(48)43-32-21-23-34(24-22-32)53-38(28-13-6-4-7-14-28)41(49)46-42-45-36(27-52-42)30-18-12-19-33(25-30)50-2/h4-27,38H,3H2,1-2H3,(H,43,48)(H,44,47)(H,45,46,49)/b35-26-. The van der Waals surface area contributed by atoms with E-state index in [9.17, 15) is 14.4 Å². The average Bonchev–Trinajstić information content (AvgIpc) is 3.67. The van der Waals surface area contributed by atoms with Crippen LogP contribution in [0.3, 0.4) is 0 Å². The summed E-state index contributed by atoms with van der Waals surface area (Å²) in [6.45, 7) is 2.32. The topological polar surface area (TPSA) is 119 Å². The van der Waals surface area contributed by atoms with Gasteiger partial charge in [-0.3, -0.25) is 14.4 Å². The summed E-state index contributed by atoms with van der Waals surface area (Å²) >= 11 is 2.73. The molecule has 0 saturated heterocycles. The van der Waals surface area contributed by atoms with Crippen LogP contribution in [0, 0.1) is 0 Å². The van der Waals surface area contributed by atoms with Gasteiger partial charge < -0.3 is 25.4 Å². The van der Waals surface area contributed by atoms with E-state index in [0.29, 0.717) is 34.3 Å². The zero-order valence-corrected chi connectivity index (χ0v) is 30.6. The molecule has 266 valence electrons. The number of aromatic nitrogens is 1. The first-order valence-corrected chi connectivity index (χ1v) is 18.5. The fourth-order valence-corrected chi connectivity index (χ4v) is 7.00. The largest absolute Gasteiger partial charge is 0.497 e. The van der Waals surface area contributed by atoms with Crippen LogP contribution in [0.4, 0.5) is 10.8 Å². The van der Waals surface area contributed by atoms with E-state index in [-0.39, 0.29) is 11.6 Å². The number of amides is 3. The van der Waals surface area contributed by atoms with Crippen molar-refractivity contribution in [3.63, 3.8) is 0 Å². The fraction of sp³-hybridized carbons (Fsp3) is 0.0952. The highest BCUT2D eigenvalue weighted by molar-refractivity contribution is 8.00. The summed E-state index contributed by atoms with van der Waals surface area (Å²) in [5.74, 6) is 0.148. The van der Waals surface area contributed by atoms with Crippen molar-refractivity contribution in [3.8, 4) is 22.8 Å². The normalized spacial score (nSPS) is 11.6. The lowest BCUT2D eigenvalue weighted by molar-refractivity contribution is -0.116.